The summed E-state index contributed by atoms with van der Waals surface area (Å²) in [5.74, 6) is -2.41. The number of amides is 1. The molecule has 0 aliphatic heterocycles. The molecule has 2 rings (SSSR count). The lowest BCUT2D eigenvalue weighted by atomic mass is 9.92. The van der Waals surface area contributed by atoms with Crippen LogP contribution >= 0.6 is 0 Å². The maximum atomic E-state index is 12.5. The average Bonchev–Trinajstić information content (AvgIpc) is 2.65. The van der Waals surface area contributed by atoms with Gasteiger partial charge in [-0.15, -0.1) is 0 Å². The number of carboxylic acid groups (broad SMARTS) is 1. The Balaban J connectivity index is 2.15. The van der Waals surface area contributed by atoms with E-state index in [4.69, 9.17) is 5.11 Å². The predicted octanol–water partition coefficient (Wildman–Crippen LogP) is 2.16. The molecule has 0 bridgehead atoms. The van der Waals surface area contributed by atoms with Gasteiger partial charge in [0, 0.05) is 19.6 Å². The lowest BCUT2D eigenvalue weighted by molar-refractivity contribution is -0.139. The van der Waals surface area contributed by atoms with Crippen molar-refractivity contribution in [2.45, 2.75) is 31.3 Å². The van der Waals surface area contributed by atoms with Gasteiger partial charge in [-0.05, 0) is 23.6 Å². The highest BCUT2D eigenvalue weighted by Gasteiger charge is 2.27. The Morgan fingerprint density at radius 1 is 1.04 bits per heavy atom. The van der Waals surface area contributed by atoms with Crippen LogP contribution in [-0.2, 0) is 9.59 Å². The molecular formula is C21H25NO5. The molecule has 2 atom stereocenters. The molecule has 0 fully saturated rings. The lowest BCUT2D eigenvalue weighted by Gasteiger charge is -2.24. The lowest BCUT2D eigenvalue weighted by Crippen LogP contribution is -2.43. The van der Waals surface area contributed by atoms with Gasteiger partial charge >= 0.3 is 5.97 Å². The number of aliphatic hydroxyl groups is 2. The molecule has 2 aromatic rings. The molecule has 1 amide bonds. The smallest absolute Gasteiger partial charge is 0.304 e. The maximum absolute atomic E-state index is 12.5. The van der Waals surface area contributed by atoms with Crippen LogP contribution in [0.3, 0.4) is 0 Å². The van der Waals surface area contributed by atoms with Crippen molar-refractivity contribution in [1.29, 1.82) is 0 Å². The van der Waals surface area contributed by atoms with E-state index >= 15 is 0 Å². The number of hydrogen-bond donors (Lipinski definition) is 4. The molecule has 0 saturated carbocycles. The van der Waals surface area contributed by atoms with Gasteiger partial charge in [-0.3, -0.25) is 9.59 Å². The molecule has 0 aliphatic carbocycles. The molecule has 0 spiro atoms. The van der Waals surface area contributed by atoms with Crippen molar-refractivity contribution in [1.82, 2.24) is 5.32 Å². The number of benzene rings is 2. The standard InChI is InChI=1S/C21H25NO5/c1-21(27,11-12-23)14-22-20(26)18(13-19(24)25)17-9-7-16(8-10-17)15-5-3-2-4-6-15/h2-10,18,23,27H,11-14H2,1H3,(H,22,26)(H,24,25)/t18-,21?/m1/s1. The molecule has 27 heavy (non-hydrogen) atoms. The molecule has 6 nitrogen and oxygen atoms in total. The molecule has 0 heterocycles. The van der Waals surface area contributed by atoms with Gasteiger partial charge in [-0.2, -0.15) is 0 Å². The number of carboxylic acids is 1. The Morgan fingerprint density at radius 3 is 2.19 bits per heavy atom. The zero-order chi connectivity index (χ0) is 19.9. The Kier molecular flexibility index (Phi) is 7.10. The van der Waals surface area contributed by atoms with E-state index in [0.29, 0.717) is 5.56 Å². The first-order valence-electron chi connectivity index (χ1n) is 8.80. The van der Waals surface area contributed by atoms with Crippen LogP contribution in [0.15, 0.2) is 54.6 Å². The van der Waals surface area contributed by atoms with Crippen molar-refractivity contribution in [3.8, 4) is 11.1 Å². The topological polar surface area (TPSA) is 107 Å². The van der Waals surface area contributed by atoms with E-state index < -0.39 is 23.4 Å². The SMILES string of the molecule is CC(O)(CCO)CNC(=O)[C@H](CC(=O)O)c1ccc(-c2ccccc2)cc1. The highest BCUT2D eigenvalue weighted by atomic mass is 16.4. The first-order chi connectivity index (χ1) is 12.8. The monoisotopic (exact) mass is 371 g/mol. The number of carbonyl (C=O) groups excluding carboxylic acids is 1. The van der Waals surface area contributed by atoms with Gasteiger partial charge in [0.15, 0.2) is 0 Å². The van der Waals surface area contributed by atoms with Crippen LogP contribution in [0, 0.1) is 0 Å². The number of rotatable bonds is 9. The molecule has 0 radical (unpaired) electrons. The Labute approximate surface area is 158 Å². The van der Waals surface area contributed by atoms with Crippen molar-refractivity contribution >= 4 is 11.9 Å². The second-order valence-corrected chi connectivity index (χ2v) is 6.83. The molecule has 1 unspecified atom stereocenters. The summed E-state index contributed by atoms with van der Waals surface area (Å²) in [6, 6.07) is 17.0. The zero-order valence-electron chi connectivity index (χ0n) is 15.3. The molecule has 0 aromatic heterocycles. The fraction of sp³-hybridized carbons (Fsp3) is 0.333. The minimum atomic E-state index is -1.25. The summed E-state index contributed by atoms with van der Waals surface area (Å²) in [4.78, 5) is 23.8. The Bertz CT molecular complexity index is 756. The second-order valence-electron chi connectivity index (χ2n) is 6.83. The van der Waals surface area contributed by atoms with Crippen molar-refractivity contribution in [2.24, 2.45) is 0 Å². The van der Waals surface area contributed by atoms with Gasteiger partial charge in [0.1, 0.15) is 0 Å². The van der Waals surface area contributed by atoms with E-state index in [1.165, 1.54) is 6.92 Å². The summed E-state index contributed by atoms with van der Waals surface area (Å²) in [6.07, 6.45) is -0.235. The van der Waals surface area contributed by atoms with E-state index in [1.54, 1.807) is 12.1 Å². The minimum Gasteiger partial charge on any atom is -0.481 e. The second kappa shape index (κ2) is 9.30. The van der Waals surface area contributed by atoms with Crippen LogP contribution < -0.4 is 5.32 Å². The van der Waals surface area contributed by atoms with E-state index in [0.717, 1.165) is 11.1 Å². The van der Waals surface area contributed by atoms with Crippen molar-refractivity contribution in [2.75, 3.05) is 13.2 Å². The van der Waals surface area contributed by atoms with Gasteiger partial charge in [0.2, 0.25) is 5.91 Å². The molecule has 0 saturated heterocycles. The van der Waals surface area contributed by atoms with Crippen LogP contribution in [0.4, 0.5) is 0 Å². The molecule has 4 N–H and O–H groups in total. The fourth-order valence-electron chi connectivity index (χ4n) is 2.81. The number of carbonyl (C=O) groups is 2. The summed E-state index contributed by atoms with van der Waals surface area (Å²) in [7, 11) is 0. The summed E-state index contributed by atoms with van der Waals surface area (Å²) in [5, 5.41) is 30.8. The number of aliphatic hydroxyl groups excluding tert-OH is 1. The molecule has 144 valence electrons. The number of nitrogens with one attached hydrogen (secondary N) is 1. The number of hydrogen-bond acceptors (Lipinski definition) is 4. The summed E-state index contributed by atoms with van der Waals surface area (Å²) in [6.45, 7) is 1.23. The molecule has 6 heteroatoms. The summed E-state index contributed by atoms with van der Waals surface area (Å²) in [5.41, 5.74) is 1.34. The summed E-state index contributed by atoms with van der Waals surface area (Å²) < 4.78 is 0. The molecule has 0 aliphatic rings. The van der Waals surface area contributed by atoms with Crippen LogP contribution in [-0.4, -0.2) is 45.9 Å². The third-order valence-corrected chi connectivity index (χ3v) is 4.41. The highest BCUT2D eigenvalue weighted by Crippen LogP contribution is 2.25. The summed E-state index contributed by atoms with van der Waals surface area (Å²) >= 11 is 0. The minimum absolute atomic E-state index is 0.0649. The molecular weight excluding hydrogens is 346 g/mol. The average molecular weight is 371 g/mol. The largest absolute Gasteiger partial charge is 0.481 e. The van der Waals surface area contributed by atoms with Crippen LogP contribution in [0.1, 0.15) is 31.2 Å². The Morgan fingerprint density at radius 2 is 1.63 bits per heavy atom. The normalized spacial score (nSPS) is 14.2. The van der Waals surface area contributed by atoms with Crippen LogP contribution in [0.5, 0.6) is 0 Å². The van der Waals surface area contributed by atoms with Crippen molar-refractivity contribution < 1.29 is 24.9 Å². The van der Waals surface area contributed by atoms with Gasteiger partial charge in [0.05, 0.1) is 17.9 Å². The third-order valence-electron chi connectivity index (χ3n) is 4.41. The van der Waals surface area contributed by atoms with Gasteiger partial charge in [-0.25, -0.2) is 0 Å². The zero-order valence-corrected chi connectivity index (χ0v) is 15.3. The van der Waals surface area contributed by atoms with Gasteiger partial charge in [-0.1, -0.05) is 54.6 Å². The van der Waals surface area contributed by atoms with E-state index in [2.05, 4.69) is 5.32 Å². The van der Waals surface area contributed by atoms with E-state index in [-0.39, 0.29) is 26.0 Å². The van der Waals surface area contributed by atoms with E-state index in [1.807, 2.05) is 42.5 Å². The number of aliphatic carboxylic acids is 1. The van der Waals surface area contributed by atoms with E-state index in [9.17, 15) is 19.8 Å². The third kappa shape index (κ3) is 6.20. The highest BCUT2D eigenvalue weighted by molar-refractivity contribution is 5.88. The van der Waals surface area contributed by atoms with Crippen molar-refractivity contribution in [3.05, 3.63) is 60.2 Å². The van der Waals surface area contributed by atoms with Gasteiger partial charge in [0.25, 0.3) is 0 Å². The van der Waals surface area contributed by atoms with Gasteiger partial charge < -0.3 is 20.6 Å². The van der Waals surface area contributed by atoms with Crippen LogP contribution in [0.25, 0.3) is 11.1 Å². The molecule has 2 aromatic carbocycles. The Hall–Kier alpha value is -2.70. The maximum Gasteiger partial charge on any atom is 0.304 e. The predicted molar refractivity (Wildman–Crippen MR) is 102 cm³/mol. The first-order valence-corrected chi connectivity index (χ1v) is 8.80. The van der Waals surface area contributed by atoms with Crippen LogP contribution in [0.2, 0.25) is 0 Å². The first kappa shape index (κ1) is 20.6. The fourth-order valence-corrected chi connectivity index (χ4v) is 2.81. The van der Waals surface area contributed by atoms with Crippen molar-refractivity contribution in [3.63, 3.8) is 0 Å². The quantitative estimate of drug-likeness (QED) is 0.540.